The number of hydrogen-bond donors (Lipinski definition) is 1. The number of benzene rings is 2. The van der Waals surface area contributed by atoms with Crippen molar-refractivity contribution in [1.82, 2.24) is 0 Å². The van der Waals surface area contributed by atoms with E-state index in [2.05, 4.69) is 18.2 Å². The van der Waals surface area contributed by atoms with Crippen molar-refractivity contribution in [3.63, 3.8) is 0 Å². The van der Waals surface area contributed by atoms with Crippen LogP contribution in [0, 0.1) is 0 Å². The van der Waals surface area contributed by atoms with Crippen molar-refractivity contribution < 1.29 is 14.6 Å². The van der Waals surface area contributed by atoms with Gasteiger partial charge in [0.25, 0.3) is 0 Å². The largest absolute Gasteiger partial charge is 0.493 e. The van der Waals surface area contributed by atoms with E-state index in [0.29, 0.717) is 5.56 Å². The minimum Gasteiger partial charge on any atom is -0.493 e. The van der Waals surface area contributed by atoms with E-state index in [1.807, 2.05) is 12.1 Å². The highest BCUT2D eigenvalue weighted by Gasteiger charge is 2.11. The number of carboxylic acids is 1. The minimum atomic E-state index is -0.882. The van der Waals surface area contributed by atoms with Gasteiger partial charge in [0.05, 0.1) is 12.2 Å². The van der Waals surface area contributed by atoms with Gasteiger partial charge in [-0.1, -0.05) is 12.1 Å². The van der Waals surface area contributed by atoms with Crippen LogP contribution in [0.15, 0.2) is 47.4 Å². The third kappa shape index (κ3) is 3.39. The standard InChI is InChI=1S/C17H16O3S/c18-17(19)13-2-4-15(5-3-13)21-10-8-12-1-6-16-14(11-12)7-9-20-16/h1-6,11H,7-10H2,(H,18,19). The molecule has 0 aliphatic carbocycles. The Morgan fingerprint density at radius 1 is 1.19 bits per heavy atom. The molecule has 2 aromatic rings. The first-order valence-electron chi connectivity index (χ1n) is 6.93. The van der Waals surface area contributed by atoms with Gasteiger partial charge in [-0.25, -0.2) is 4.79 Å². The lowest BCUT2D eigenvalue weighted by atomic mass is 10.1. The molecular weight excluding hydrogens is 284 g/mol. The molecule has 1 aliphatic heterocycles. The SMILES string of the molecule is O=C(O)c1ccc(SCCc2ccc3c(c2)CCO3)cc1. The maximum Gasteiger partial charge on any atom is 0.335 e. The van der Waals surface area contributed by atoms with Gasteiger partial charge in [-0.15, -0.1) is 11.8 Å². The highest BCUT2D eigenvalue weighted by molar-refractivity contribution is 7.99. The zero-order valence-corrected chi connectivity index (χ0v) is 12.4. The quantitative estimate of drug-likeness (QED) is 0.856. The van der Waals surface area contributed by atoms with Crippen LogP contribution in [-0.2, 0) is 12.8 Å². The molecular formula is C17H16O3S. The molecule has 0 saturated carbocycles. The van der Waals surface area contributed by atoms with Gasteiger partial charge in [0.2, 0.25) is 0 Å². The first kappa shape index (κ1) is 14.0. The van der Waals surface area contributed by atoms with Crippen molar-refractivity contribution in [2.75, 3.05) is 12.4 Å². The van der Waals surface area contributed by atoms with Crippen LogP contribution in [0.5, 0.6) is 5.75 Å². The summed E-state index contributed by atoms with van der Waals surface area (Å²) in [4.78, 5) is 11.9. The van der Waals surface area contributed by atoms with Gasteiger partial charge >= 0.3 is 5.97 Å². The lowest BCUT2D eigenvalue weighted by Gasteiger charge is -2.05. The summed E-state index contributed by atoms with van der Waals surface area (Å²) >= 11 is 1.74. The Morgan fingerprint density at radius 2 is 2.00 bits per heavy atom. The Hall–Kier alpha value is -1.94. The number of rotatable bonds is 5. The Bertz CT molecular complexity index is 650. The number of ether oxygens (including phenoxy) is 1. The van der Waals surface area contributed by atoms with Gasteiger partial charge in [-0.2, -0.15) is 0 Å². The Balaban J connectivity index is 1.55. The van der Waals surface area contributed by atoms with E-state index in [9.17, 15) is 4.79 Å². The van der Waals surface area contributed by atoms with Crippen LogP contribution in [0.3, 0.4) is 0 Å². The summed E-state index contributed by atoms with van der Waals surface area (Å²) in [6, 6.07) is 13.4. The van der Waals surface area contributed by atoms with Crippen LogP contribution in [0.25, 0.3) is 0 Å². The maximum atomic E-state index is 10.8. The fourth-order valence-electron chi connectivity index (χ4n) is 2.38. The molecule has 2 aromatic carbocycles. The third-order valence-corrected chi connectivity index (χ3v) is 4.53. The summed E-state index contributed by atoms with van der Waals surface area (Å²) in [5.41, 5.74) is 2.97. The van der Waals surface area contributed by atoms with E-state index < -0.39 is 5.97 Å². The minimum absolute atomic E-state index is 0.331. The predicted octanol–water partition coefficient (Wildman–Crippen LogP) is 3.65. The van der Waals surface area contributed by atoms with Crippen molar-refractivity contribution in [2.45, 2.75) is 17.7 Å². The van der Waals surface area contributed by atoms with E-state index in [0.717, 1.165) is 35.8 Å². The van der Waals surface area contributed by atoms with E-state index in [1.54, 1.807) is 23.9 Å². The zero-order chi connectivity index (χ0) is 14.7. The van der Waals surface area contributed by atoms with Crippen LogP contribution < -0.4 is 4.74 Å². The summed E-state index contributed by atoms with van der Waals surface area (Å²) in [6.07, 6.45) is 2.01. The van der Waals surface area contributed by atoms with Gasteiger partial charge < -0.3 is 9.84 Å². The lowest BCUT2D eigenvalue weighted by molar-refractivity contribution is 0.0697. The second kappa shape index (κ2) is 6.22. The number of aromatic carboxylic acids is 1. The van der Waals surface area contributed by atoms with Gasteiger partial charge in [0, 0.05) is 17.1 Å². The average Bonchev–Trinajstić information content (AvgIpc) is 2.95. The Labute approximate surface area is 127 Å². The highest BCUT2D eigenvalue weighted by atomic mass is 32.2. The second-order valence-electron chi connectivity index (χ2n) is 4.97. The maximum absolute atomic E-state index is 10.8. The number of fused-ring (bicyclic) bond motifs is 1. The summed E-state index contributed by atoms with van der Waals surface area (Å²) in [5, 5.41) is 8.86. The molecule has 3 rings (SSSR count). The van der Waals surface area contributed by atoms with E-state index >= 15 is 0 Å². The number of thioether (sulfide) groups is 1. The molecule has 1 aliphatic rings. The molecule has 108 valence electrons. The van der Waals surface area contributed by atoms with Gasteiger partial charge in [-0.05, 0) is 47.9 Å². The number of carbonyl (C=O) groups is 1. The first-order chi connectivity index (χ1) is 10.2. The van der Waals surface area contributed by atoms with Crippen LogP contribution in [0.2, 0.25) is 0 Å². The number of hydrogen-bond acceptors (Lipinski definition) is 3. The van der Waals surface area contributed by atoms with E-state index in [4.69, 9.17) is 9.84 Å². The fourth-order valence-corrected chi connectivity index (χ4v) is 3.28. The molecule has 1 N–H and O–H groups in total. The highest BCUT2D eigenvalue weighted by Crippen LogP contribution is 2.27. The molecule has 0 atom stereocenters. The van der Waals surface area contributed by atoms with E-state index in [1.165, 1.54) is 11.1 Å². The second-order valence-corrected chi connectivity index (χ2v) is 6.14. The smallest absolute Gasteiger partial charge is 0.335 e. The van der Waals surface area contributed by atoms with Crippen LogP contribution >= 0.6 is 11.8 Å². The molecule has 21 heavy (non-hydrogen) atoms. The van der Waals surface area contributed by atoms with Crippen molar-refractivity contribution in [2.24, 2.45) is 0 Å². The summed E-state index contributed by atoms with van der Waals surface area (Å²) < 4.78 is 5.50. The van der Waals surface area contributed by atoms with Crippen molar-refractivity contribution in [3.8, 4) is 5.75 Å². The average molecular weight is 300 g/mol. The molecule has 4 heteroatoms. The van der Waals surface area contributed by atoms with Gasteiger partial charge in [0.1, 0.15) is 5.75 Å². The first-order valence-corrected chi connectivity index (χ1v) is 7.92. The molecule has 1 heterocycles. The molecule has 0 saturated heterocycles. The van der Waals surface area contributed by atoms with E-state index in [-0.39, 0.29) is 0 Å². The van der Waals surface area contributed by atoms with Crippen molar-refractivity contribution >= 4 is 17.7 Å². The summed E-state index contributed by atoms with van der Waals surface area (Å²) in [7, 11) is 0. The number of carboxylic acid groups (broad SMARTS) is 1. The molecule has 0 aromatic heterocycles. The summed E-state index contributed by atoms with van der Waals surface area (Å²) in [5.74, 6) is 1.12. The molecule has 0 fully saturated rings. The molecule has 0 bridgehead atoms. The normalized spacial score (nSPS) is 12.8. The molecule has 0 unspecified atom stereocenters. The van der Waals surface area contributed by atoms with Crippen LogP contribution in [0.4, 0.5) is 0 Å². The van der Waals surface area contributed by atoms with Crippen molar-refractivity contribution in [3.05, 3.63) is 59.2 Å². The number of aryl methyl sites for hydroxylation is 1. The van der Waals surface area contributed by atoms with Gasteiger partial charge in [0.15, 0.2) is 0 Å². The Kier molecular flexibility index (Phi) is 4.15. The van der Waals surface area contributed by atoms with Crippen LogP contribution in [0.1, 0.15) is 21.5 Å². The summed E-state index contributed by atoms with van der Waals surface area (Å²) in [6.45, 7) is 0.795. The van der Waals surface area contributed by atoms with Gasteiger partial charge in [-0.3, -0.25) is 0 Å². The zero-order valence-electron chi connectivity index (χ0n) is 11.5. The molecule has 0 radical (unpaired) electrons. The predicted molar refractivity (Wildman–Crippen MR) is 83.5 cm³/mol. The topological polar surface area (TPSA) is 46.5 Å². The van der Waals surface area contributed by atoms with Crippen LogP contribution in [-0.4, -0.2) is 23.4 Å². The third-order valence-electron chi connectivity index (χ3n) is 3.51. The lowest BCUT2D eigenvalue weighted by Crippen LogP contribution is -1.95. The monoisotopic (exact) mass is 300 g/mol. The Morgan fingerprint density at radius 3 is 2.76 bits per heavy atom. The van der Waals surface area contributed by atoms with Crippen molar-refractivity contribution in [1.29, 1.82) is 0 Å². The molecule has 0 spiro atoms. The molecule has 3 nitrogen and oxygen atoms in total. The fraction of sp³-hybridized carbons (Fsp3) is 0.235. The molecule has 0 amide bonds.